The van der Waals surface area contributed by atoms with Crippen molar-refractivity contribution in [3.05, 3.63) is 35.9 Å². The molecule has 0 aliphatic heterocycles. The van der Waals surface area contributed by atoms with Crippen molar-refractivity contribution in [2.45, 2.75) is 52.2 Å². The summed E-state index contributed by atoms with van der Waals surface area (Å²) < 4.78 is 15.2. The monoisotopic (exact) mass is 422 g/mol. The molecule has 0 spiro atoms. The van der Waals surface area contributed by atoms with Gasteiger partial charge in [0.15, 0.2) is 0 Å². The Morgan fingerprint density at radius 2 is 1.43 bits per heavy atom. The van der Waals surface area contributed by atoms with Crippen LogP contribution in [0.2, 0.25) is 0 Å². The lowest BCUT2D eigenvalue weighted by Crippen LogP contribution is -2.44. The molecule has 0 aliphatic carbocycles. The predicted octanol–water partition coefficient (Wildman–Crippen LogP) is 2.05. The zero-order valence-corrected chi connectivity index (χ0v) is 18.0. The summed E-state index contributed by atoms with van der Waals surface area (Å²) in [5.41, 5.74) is 6.93. The van der Waals surface area contributed by atoms with Crippen LogP contribution < -0.4 is 5.73 Å². The molecule has 168 valence electrons. The number of rotatable bonds is 15. The number of nitrogens with two attached hydrogens (primary N) is 1. The Labute approximate surface area is 178 Å². The van der Waals surface area contributed by atoms with Crippen molar-refractivity contribution in [2.75, 3.05) is 32.8 Å². The van der Waals surface area contributed by atoms with Crippen molar-refractivity contribution < 1.29 is 28.6 Å². The van der Waals surface area contributed by atoms with Crippen LogP contribution in [0.5, 0.6) is 0 Å². The summed E-state index contributed by atoms with van der Waals surface area (Å²) in [6.45, 7) is 5.78. The average molecular weight is 423 g/mol. The van der Waals surface area contributed by atoms with Crippen LogP contribution in [-0.2, 0) is 35.2 Å². The van der Waals surface area contributed by atoms with E-state index >= 15 is 0 Å². The Hall–Kier alpha value is -2.45. The van der Waals surface area contributed by atoms with Gasteiger partial charge in [-0.05, 0) is 45.3 Å². The fourth-order valence-corrected chi connectivity index (χ4v) is 2.84. The number of carbonyl (C=O) groups excluding carboxylic acids is 3. The van der Waals surface area contributed by atoms with Crippen LogP contribution >= 0.6 is 0 Å². The molecule has 1 atom stereocenters. The topological polar surface area (TPSA) is 108 Å². The first-order valence-electron chi connectivity index (χ1n) is 10.5. The zero-order valence-electron chi connectivity index (χ0n) is 18.0. The molecule has 0 heterocycles. The molecule has 30 heavy (non-hydrogen) atoms. The average Bonchev–Trinajstić information content (AvgIpc) is 2.73. The van der Waals surface area contributed by atoms with Gasteiger partial charge in [0.25, 0.3) is 0 Å². The molecule has 8 heteroatoms. The van der Waals surface area contributed by atoms with Crippen molar-refractivity contribution in [2.24, 2.45) is 5.73 Å². The van der Waals surface area contributed by atoms with Crippen LogP contribution in [0, 0.1) is 0 Å². The zero-order chi connectivity index (χ0) is 22.2. The summed E-state index contributed by atoms with van der Waals surface area (Å²) in [6, 6.07) is 8.56. The number of hydrogen-bond donors (Lipinski definition) is 1. The molecule has 1 rings (SSSR count). The van der Waals surface area contributed by atoms with Gasteiger partial charge in [0, 0.05) is 19.4 Å². The SMILES string of the molecule is CCOC(=O)CCCN(CCCC(=O)OCC)CC(N)C(=O)OCc1ccccc1. The Kier molecular flexibility index (Phi) is 13.1. The van der Waals surface area contributed by atoms with Crippen molar-refractivity contribution in [1.82, 2.24) is 4.90 Å². The Morgan fingerprint density at radius 3 is 1.93 bits per heavy atom. The van der Waals surface area contributed by atoms with Gasteiger partial charge >= 0.3 is 17.9 Å². The van der Waals surface area contributed by atoms with E-state index in [-0.39, 0.29) is 37.9 Å². The number of esters is 3. The number of carbonyl (C=O) groups is 3. The van der Waals surface area contributed by atoms with Crippen LogP contribution in [0.3, 0.4) is 0 Å². The standard InChI is InChI=1S/C22H34N2O6/c1-3-28-20(25)12-8-14-24(15-9-13-21(26)29-4-2)16-19(23)22(27)30-17-18-10-6-5-7-11-18/h5-7,10-11,19H,3-4,8-9,12-17,23H2,1-2H3. The second-order valence-electron chi connectivity index (χ2n) is 6.82. The fraction of sp³-hybridized carbons (Fsp3) is 0.591. The Morgan fingerprint density at radius 1 is 0.900 bits per heavy atom. The van der Waals surface area contributed by atoms with E-state index in [9.17, 15) is 14.4 Å². The molecule has 1 aromatic carbocycles. The molecule has 8 nitrogen and oxygen atoms in total. The molecule has 1 unspecified atom stereocenters. The summed E-state index contributed by atoms with van der Waals surface area (Å²) in [4.78, 5) is 37.3. The quantitative estimate of drug-likeness (QED) is 0.338. The maximum Gasteiger partial charge on any atom is 0.324 e. The third kappa shape index (κ3) is 11.5. The molecule has 0 radical (unpaired) electrons. The van der Waals surface area contributed by atoms with E-state index in [0.29, 0.717) is 39.1 Å². The van der Waals surface area contributed by atoms with Crippen molar-refractivity contribution >= 4 is 17.9 Å². The Bertz CT molecular complexity index is 614. The highest BCUT2D eigenvalue weighted by Gasteiger charge is 2.20. The van der Waals surface area contributed by atoms with Crippen molar-refractivity contribution in [1.29, 1.82) is 0 Å². The molecule has 1 aromatic rings. The van der Waals surface area contributed by atoms with E-state index in [0.717, 1.165) is 5.56 Å². The van der Waals surface area contributed by atoms with Crippen LogP contribution in [0.4, 0.5) is 0 Å². The molecule has 0 aromatic heterocycles. The first-order valence-corrected chi connectivity index (χ1v) is 10.5. The van der Waals surface area contributed by atoms with Crippen LogP contribution in [-0.4, -0.2) is 61.7 Å². The molecule has 0 amide bonds. The van der Waals surface area contributed by atoms with E-state index in [1.54, 1.807) is 13.8 Å². The molecule has 0 saturated heterocycles. The largest absolute Gasteiger partial charge is 0.466 e. The maximum atomic E-state index is 12.3. The molecule has 0 fully saturated rings. The van der Waals surface area contributed by atoms with E-state index in [1.165, 1.54) is 0 Å². The van der Waals surface area contributed by atoms with E-state index in [4.69, 9.17) is 19.9 Å². The molecular formula is C22H34N2O6. The highest BCUT2D eigenvalue weighted by molar-refractivity contribution is 5.75. The maximum absolute atomic E-state index is 12.3. The number of ether oxygens (including phenoxy) is 3. The lowest BCUT2D eigenvalue weighted by Gasteiger charge is -2.24. The van der Waals surface area contributed by atoms with E-state index in [1.807, 2.05) is 35.2 Å². The molecule has 0 aliphatic rings. The number of nitrogens with zero attached hydrogens (tertiary/aromatic N) is 1. The van der Waals surface area contributed by atoms with Gasteiger partial charge in [0.2, 0.25) is 0 Å². The highest BCUT2D eigenvalue weighted by Crippen LogP contribution is 2.05. The van der Waals surface area contributed by atoms with Gasteiger partial charge in [-0.3, -0.25) is 14.4 Å². The summed E-state index contributed by atoms with van der Waals surface area (Å²) in [7, 11) is 0. The predicted molar refractivity (Wildman–Crippen MR) is 112 cm³/mol. The molecule has 0 bridgehead atoms. The number of hydrogen-bond acceptors (Lipinski definition) is 8. The van der Waals surface area contributed by atoms with Gasteiger partial charge in [0.1, 0.15) is 12.6 Å². The summed E-state index contributed by atoms with van der Waals surface area (Å²) in [6.07, 6.45) is 1.72. The van der Waals surface area contributed by atoms with E-state index < -0.39 is 12.0 Å². The second-order valence-corrected chi connectivity index (χ2v) is 6.82. The lowest BCUT2D eigenvalue weighted by atomic mass is 10.2. The Balaban J connectivity index is 2.50. The molecule has 2 N–H and O–H groups in total. The van der Waals surface area contributed by atoms with Gasteiger partial charge in [-0.25, -0.2) is 0 Å². The minimum atomic E-state index is -0.820. The summed E-state index contributed by atoms with van der Waals surface area (Å²) >= 11 is 0. The second kappa shape index (κ2) is 15.4. The van der Waals surface area contributed by atoms with Gasteiger partial charge < -0.3 is 24.8 Å². The third-order valence-electron chi connectivity index (χ3n) is 4.30. The third-order valence-corrected chi connectivity index (χ3v) is 4.30. The van der Waals surface area contributed by atoms with Crippen molar-refractivity contribution in [3.8, 4) is 0 Å². The highest BCUT2D eigenvalue weighted by atomic mass is 16.5. The number of benzene rings is 1. The van der Waals surface area contributed by atoms with Gasteiger partial charge in [-0.1, -0.05) is 30.3 Å². The van der Waals surface area contributed by atoms with E-state index in [2.05, 4.69) is 0 Å². The smallest absolute Gasteiger partial charge is 0.324 e. The molecular weight excluding hydrogens is 388 g/mol. The minimum Gasteiger partial charge on any atom is -0.466 e. The summed E-state index contributed by atoms with van der Waals surface area (Å²) in [5, 5.41) is 0. The fourth-order valence-electron chi connectivity index (χ4n) is 2.84. The van der Waals surface area contributed by atoms with Crippen LogP contribution in [0.15, 0.2) is 30.3 Å². The van der Waals surface area contributed by atoms with Gasteiger partial charge in [0.05, 0.1) is 13.2 Å². The van der Waals surface area contributed by atoms with Crippen molar-refractivity contribution in [3.63, 3.8) is 0 Å². The van der Waals surface area contributed by atoms with Crippen LogP contribution in [0.1, 0.15) is 45.1 Å². The van der Waals surface area contributed by atoms with Gasteiger partial charge in [-0.15, -0.1) is 0 Å². The lowest BCUT2D eigenvalue weighted by molar-refractivity contribution is -0.147. The normalized spacial score (nSPS) is 11.7. The van der Waals surface area contributed by atoms with Gasteiger partial charge in [-0.2, -0.15) is 0 Å². The first kappa shape index (κ1) is 25.6. The summed E-state index contributed by atoms with van der Waals surface area (Å²) in [5.74, 6) is -0.995. The minimum absolute atomic E-state index is 0.166. The molecule has 0 saturated carbocycles. The van der Waals surface area contributed by atoms with Crippen LogP contribution in [0.25, 0.3) is 0 Å². The first-order chi connectivity index (χ1) is 14.5.